The van der Waals surface area contributed by atoms with Crippen molar-refractivity contribution in [3.05, 3.63) is 76.9 Å². The maximum Gasteiger partial charge on any atom is 0.119 e. The van der Waals surface area contributed by atoms with E-state index in [1.807, 2.05) is 6.92 Å². The minimum Gasteiger partial charge on any atom is -0.494 e. The van der Waals surface area contributed by atoms with Gasteiger partial charge in [0.25, 0.3) is 0 Å². The first-order valence-electron chi connectivity index (χ1n) is 9.54. The standard InChI is InChI=1S/C24H26O/c1-3-17-5-6-19-14-20(8-7-18(19)13-17)21-9-10-23-16-24(25-4-2)12-11-22(23)15-21/h5-8,11-14,16,21H,3-4,9-10,15H2,1-2H3. The van der Waals surface area contributed by atoms with Crippen LogP contribution in [-0.4, -0.2) is 6.61 Å². The molecule has 0 N–H and O–H groups in total. The van der Waals surface area contributed by atoms with E-state index in [0.29, 0.717) is 5.92 Å². The molecular weight excluding hydrogens is 304 g/mol. The summed E-state index contributed by atoms with van der Waals surface area (Å²) in [5, 5.41) is 2.73. The summed E-state index contributed by atoms with van der Waals surface area (Å²) in [7, 11) is 0. The first kappa shape index (κ1) is 16.2. The lowest BCUT2D eigenvalue weighted by Gasteiger charge is -2.26. The van der Waals surface area contributed by atoms with Crippen molar-refractivity contribution in [3.63, 3.8) is 0 Å². The van der Waals surface area contributed by atoms with E-state index < -0.39 is 0 Å². The molecule has 128 valence electrons. The normalized spacial score (nSPS) is 16.6. The zero-order valence-corrected chi connectivity index (χ0v) is 15.2. The van der Waals surface area contributed by atoms with Crippen LogP contribution in [0.15, 0.2) is 54.6 Å². The lowest BCUT2D eigenvalue weighted by atomic mass is 9.79. The predicted molar refractivity (Wildman–Crippen MR) is 106 cm³/mol. The molecule has 0 amide bonds. The Kier molecular flexibility index (Phi) is 4.48. The van der Waals surface area contributed by atoms with Gasteiger partial charge in [-0.15, -0.1) is 0 Å². The smallest absolute Gasteiger partial charge is 0.119 e. The summed E-state index contributed by atoms with van der Waals surface area (Å²) in [6.07, 6.45) is 4.61. The monoisotopic (exact) mass is 330 g/mol. The molecule has 0 fully saturated rings. The second-order valence-electron chi connectivity index (χ2n) is 7.10. The summed E-state index contributed by atoms with van der Waals surface area (Å²) in [5.74, 6) is 1.64. The number of fused-ring (bicyclic) bond motifs is 2. The zero-order chi connectivity index (χ0) is 17.2. The number of aryl methyl sites for hydroxylation is 2. The molecule has 0 aliphatic heterocycles. The summed E-state index contributed by atoms with van der Waals surface area (Å²) in [6.45, 7) is 4.99. The molecule has 0 aromatic heterocycles. The van der Waals surface area contributed by atoms with Gasteiger partial charge >= 0.3 is 0 Å². The first-order chi connectivity index (χ1) is 12.3. The summed E-state index contributed by atoms with van der Waals surface area (Å²) in [4.78, 5) is 0. The van der Waals surface area contributed by atoms with Crippen molar-refractivity contribution in [1.29, 1.82) is 0 Å². The van der Waals surface area contributed by atoms with Gasteiger partial charge in [0, 0.05) is 0 Å². The molecule has 3 aromatic carbocycles. The van der Waals surface area contributed by atoms with E-state index in [4.69, 9.17) is 4.74 Å². The van der Waals surface area contributed by atoms with Gasteiger partial charge in [-0.25, -0.2) is 0 Å². The van der Waals surface area contributed by atoms with Crippen LogP contribution in [0.3, 0.4) is 0 Å². The van der Waals surface area contributed by atoms with Gasteiger partial charge in [-0.2, -0.15) is 0 Å². The van der Waals surface area contributed by atoms with Crippen LogP contribution in [0.5, 0.6) is 5.75 Å². The number of rotatable bonds is 4. The molecule has 1 heteroatoms. The van der Waals surface area contributed by atoms with E-state index in [0.717, 1.165) is 31.6 Å². The Balaban J connectivity index is 1.59. The van der Waals surface area contributed by atoms with Crippen LogP contribution in [0.1, 0.15) is 48.4 Å². The molecule has 0 bridgehead atoms. The average molecular weight is 330 g/mol. The molecule has 1 unspecified atom stereocenters. The maximum atomic E-state index is 5.65. The number of benzene rings is 3. The molecule has 1 aliphatic rings. The minimum atomic E-state index is 0.626. The fraction of sp³-hybridized carbons (Fsp3) is 0.333. The topological polar surface area (TPSA) is 9.23 Å². The second kappa shape index (κ2) is 6.92. The molecule has 1 atom stereocenters. The summed E-state index contributed by atoms with van der Waals surface area (Å²) in [6, 6.07) is 20.5. The third kappa shape index (κ3) is 3.28. The Morgan fingerprint density at radius 1 is 0.880 bits per heavy atom. The Labute approximate surface area is 150 Å². The van der Waals surface area contributed by atoms with Crippen LogP contribution in [-0.2, 0) is 19.3 Å². The van der Waals surface area contributed by atoms with E-state index in [-0.39, 0.29) is 0 Å². The molecule has 4 rings (SSSR count). The van der Waals surface area contributed by atoms with Gasteiger partial charge in [-0.05, 0) is 83.7 Å². The third-order valence-electron chi connectivity index (χ3n) is 5.53. The van der Waals surface area contributed by atoms with Crippen molar-refractivity contribution in [2.24, 2.45) is 0 Å². The van der Waals surface area contributed by atoms with Crippen LogP contribution >= 0.6 is 0 Å². The lowest BCUT2D eigenvalue weighted by molar-refractivity contribution is 0.339. The molecule has 1 nitrogen and oxygen atoms in total. The van der Waals surface area contributed by atoms with E-state index >= 15 is 0 Å². The van der Waals surface area contributed by atoms with E-state index in [9.17, 15) is 0 Å². The van der Waals surface area contributed by atoms with Gasteiger partial charge in [-0.3, -0.25) is 0 Å². The highest BCUT2D eigenvalue weighted by molar-refractivity contribution is 5.84. The SMILES string of the molecule is CCOc1ccc2c(c1)CCC(c1ccc3cc(CC)ccc3c1)C2. The Morgan fingerprint density at radius 3 is 2.56 bits per heavy atom. The summed E-state index contributed by atoms with van der Waals surface area (Å²) in [5.41, 5.74) is 5.85. The van der Waals surface area contributed by atoms with Crippen LogP contribution in [0.4, 0.5) is 0 Å². The van der Waals surface area contributed by atoms with E-state index in [1.54, 1.807) is 0 Å². The maximum absolute atomic E-state index is 5.65. The molecule has 0 saturated carbocycles. The number of hydrogen-bond acceptors (Lipinski definition) is 1. The largest absolute Gasteiger partial charge is 0.494 e. The Hall–Kier alpha value is -2.28. The summed E-state index contributed by atoms with van der Waals surface area (Å²) >= 11 is 0. The lowest BCUT2D eigenvalue weighted by Crippen LogP contribution is -2.13. The Bertz CT molecular complexity index is 894. The molecule has 3 aromatic rings. The number of ether oxygens (including phenoxy) is 1. The number of hydrogen-bond donors (Lipinski definition) is 0. The van der Waals surface area contributed by atoms with E-state index in [1.165, 1.54) is 39.4 Å². The first-order valence-corrected chi connectivity index (χ1v) is 9.54. The molecule has 0 radical (unpaired) electrons. The molecule has 0 saturated heterocycles. The molecule has 0 spiro atoms. The van der Waals surface area contributed by atoms with Crippen LogP contribution < -0.4 is 4.74 Å². The predicted octanol–water partition coefficient (Wildman–Crippen LogP) is 6.07. The average Bonchev–Trinajstić information content (AvgIpc) is 2.67. The highest BCUT2D eigenvalue weighted by Crippen LogP contribution is 2.35. The van der Waals surface area contributed by atoms with Gasteiger partial charge in [0.1, 0.15) is 5.75 Å². The third-order valence-corrected chi connectivity index (χ3v) is 5.53. The molecular formula is C24H26O. The highest BCUT2D eigenvalue weighted by Gasteiger charge is 2.20. The fourth-order valence-electron chi connectivity index (χ4n) is 4.06. The second-order valence-corrected chi connectivity index (χ2v) is 7.10. The quantitative estimate of drug-likeness (QED) is 0.564. The van der Waals surface area contributed by atoms with Crippen molar-refractivity contribution in [1.82, 2.24) is 0 Å². The van der Waals surface area contributed by atoms with Crippen LogP contribution in [0.2, 0.25) is 0 Å². The minimum absolute atomic E-state index is 0.626. The Morgan fingerprint density at radius 2 is 1.72 bits per heavy atom. The van der Waals surface area contributed by atoms with Crippen molar-refractivity contribution >= 4 is 10.8 Å². The van der Waals surface area contributed by atoms with Gasteiger partial charge in [0.2, 0.25) is 0 Å². The fourth-order valence-corrected chi connectivity index (χ4v) is 4.06. The van der Waals surface area contributed by atoms with Crippen LogP contribution in [0.25, 0.3) is 10.8 Å². The van der Waals surface area contributed by atoms with Crippen molar-refractivity contribution < 1.29 is 4.74 Å². The summed E-state index contributed by atoms with van der Waals surface area (Å²) < 4.78 is 5.65. The van der Waals surface area contributed by atoms with Gasteiger partial charge in [-0.1, -0.05) is 49.4 Å². The van der Waals surface area contributed by atoms with Gasteiger partial charge in [0.05, 0.1) is 6.61 Å². The molecule has 25 heavy (non-hydrogen) atoms. The van der Waals surface area contributed by atoms with Gasteiger partial charge in [0.15, 0.2) is 0 Å². The zero-order valence-electron chi connectivity index (χ0n) is 15.2. The van der Waals surface area contributed by atoms with E-state index in [2.05, 4.69) is 61.5 Å². The molecule has 1 aliphatic carbocycles. The van der Waals surface area contributed by atoms with Crippen molar-refractivity contribution in [2.75, 3.05) is 6.61 Å². The van der Waals surface area contributed by atoms with Crippen molar-refractivity contribution in [3.8, 4) is 5.75 Å². The van der Waals surface area contributed by atoms with Gasteiger partial charge < -0.3 is 4.74 Å². The molecule has 0 heterocycles. The van der Waals surface area contributed by atoms with Crippen LogP contribution in [0, 0.1) is 0 Å². The van der Waals surface area contributed by atoms with Crippen molar-refractivity contribution in [2.45, 2.75) is 45.4 Å². The highest BCUT2D eigenvalue weighted by atomic mass is 16.5.